The number of likely N-dealkylation sites (tertiary alicyclic amines) is 1. The van der Waals surface area contributed by atoms with Crippen LogP contribution in [0.5, 0.6) is 0 Å². The number of rotatable bonds is 3. The molecule has 0 radical (unpaired) electrons. The lowest BCUT2D eigenvalue weighted by atomic mass is 9.89. The Kier molecular flexibility index (Phi) is 3.90. The van der Waals surface area contributed by atoms with E-state index in [4.69, 9.17) is 0 Å². The fraction of sp³-hybridized carbons (Fsp3) is 0.294. The van der Waals surface area contributed by atoms with Gasteiger partial charge < -0.3 is 14.6 Å². The van der Waals surface area contributed by atoms with Gasteiger partial charge in [-0.1, -0.05) is 12.1 Å². The number of amides is 1. The van der Waals surface area contributed by atoms with Gasteiger partial charge in [0.15, 0.2) is 0 Å². The van der Waals surface area contributed by atoms with Crippen molar-refractivity contribution in [3.63, 3.8) is 0 Å². The largest absolute Gasteiger partial charge is 0.481 e. The first-order valence-electron chi connectivity index (χ1n) is 7.36. The van der Waals surface area contributed by atoms with Crippen molar-refractivity contribution >= 4 is 11.9 Å². The van der Waals surface area contributed by atoms with Gasteiger partial charge in [0.2, 0.25) is 0 Å². The molecule has 0 spiro atoms. The fourth-order valence-corrected chi connectivity index (χ4v) is 3.14. The van der Waals surface area contributed by atoms with E-state index in [0.717, 1.165) is 0 Å². The number of carbonyl (C=O) groups excluding carboxylic acids is 1. The van der Waals surface area contributed by atoms with E-state index in [9.17, 15) is 19.1 Å². The third-order valence-electron chi connectivity index (χ3n) is 4.36. The molecule has 1 aromatic heterocycles. The summed E-state index contributed by atoms with van der Waals surface area (Å²) < 4.78 is 15.2. The van der Waals surface area contributed by atoms with Crippen molar-refractivity contribution in [2.45, 2.75) is 5.92 Å². The summed E-state index contributed by atoms with van der Waals surface area (Å²) in [7, 11) is 1.77. The summed E-state index contributed by atoms with van der Waals surface area (Å²) in [4.78, 5) is 25.7. The fourth-order valence-electron chi connectivity index (χ4n) is 3.14. The van der Waals surface area contributed by atoms with Gasteiger partial charge >= 0.3 is 5.97 Å². The van der Waals surface area contributed by atoms with E-state index in [-0.39, 0.29) is 19.0 Å². The number of aryl methyl sites for hydroxylation is 1. The lowest BCUT2D eigenvalue weighted by Gasteiger charge is -2.17. The molecule has 3 rings (SSSR count). The standard InChI is InChI=1S/C17H17FN2O3/c1-19-7-3-6-15(19)16(21)20-9-13(14(10-20)17(22)23)11-4-2-5-12(18)8-11/h2-8,13-14H,9-10H2,1H3,(H,22,23)/t13-,14+/m1/s1. The molecule has 0 saturated carbocycles. The van der Waals surface area contributed by atoms with Gasteiger partial charge in [-0.15, -0.1) is 0 Å². The Morgan fingerprint density at radius 1 is 1.22 bits per heavy atom. The minimum absolute atomic E-state index is 0.126. The van der Waals surface area contributed by atoms with E-state index >= 15 is 0 Å². The second kappa shape index (κ2) is 5.87. The zero-order chi connectivity index (χ0) is 16.6. The Morgan fingerprint density at radius 2 is 2.00 bits per heavy atom. The summed E-state index contributed by atoms with van der Waals surface area (Å²) in [5, 5.41) is 9.46. The van der Waals surface area contributed by atoms with Gasteiger partial charge in [-0.2, -0.15) is 0 Å². The van der Waals surface area contributed by atoms with Gasteiger partial charge in [-0.3, -0.25) is 9.59 Å². The molecule has 1 N–H and O–H groups in total. The Morgan fingerprint density at radius 3 is 2.61 bits per heavy atom. The summed E-state index contributed by atoms with van der Waals surface area (Å²) in [6.45, 7) is 0.394. The molecule has 2 heterocycles. The number of carboxylic acids is 1. The zero-order valence-corrected chi connectivity index (χ0v) is 12.6. The van der Waals surface area contributed by atoms with Crippen molar-refractivity contribution in [1.82, 2.24) is 9.47 Å². The first-order chi connectivity index (χ1) is 11.0. The average Bonchev–Trinajstić information content (AvgIpc) is 3.13. The summed E-state index contributed by atoms with van der Waals surface area (Å²) in [6, 6.07) is 9.40. The summed E-state index contributed by atoms with van der Waals surface area (Å²) >= 11 is 0. The van der Waals surface area contributed by atoms with E-state index in [1.807, 2.05) is 0 Å². The smallest absolute Gasteiger partial charge is 0.308 e. The molecule has 1 aliphatic heterocycles. The molecule has 2 atom stereocenters. The van der Waals surface area contributed by atoms with Crippen molar-refractivity contribution in [3.05, 3.63) is 59.7 Å². The number of hydrogen-bond donors (Lipinski definition) is 1. The van der Waals surface area contributed by atoms with Crippen LogP contribution < -0.4 is 0 Å². The van der Waals surface area contributed by atoms with Crippen LogP contribution in [0.15, 0.2) is 42.6 Å². The molecule has 120 valence electrons. The van der Waals surface area contributed by atoms with Crippen LogP contribution in [0.2, 0.25) is 0 Å². The number of carboxylic acid groups (broad SMARTS) is 1. The van der Waals surface area contributed by atoms with E-state index in [1.165, 1.54) is 17.0 Å². The monoisotopic (exact) mass is 316 g/mol. The van der Waals surface area contributed by atoms with Crippen molar-refractivity contribution < 1.29 is 19.1 Å². The second-order valence-corrected chi connectivity index (χ2v) is 5.82. The molecule has 23 heavy (non-hydrogen) atoms. The summed E-state index contributed by atoms with van der Waals surface area (Å²) in [5.74, 6) is -2.73. The topological polar surface area (TPSA) is 62.5 Å². The number of hydrogen-bond acceptors (Lipinski definition) is 2. The van der Waals surface area contributed by atoms with Crippen LogP contribution in [0.25, 0.3) is 0 Å². The van der Waals surface area contributed by atoms with Gasteiger partial charge in [0.05, 0.1) is 5.92 Å². The number of nitrogens with zero attached hydrogens (tertiary/aromatic N) is 2. The molecule has 1 amide bonds. The molecule has 5 nitrogen and oxygen atoms in total. The molecular formula is C17H17FN2O3. The number of carbonyl (C=O) groups is 2. The number of aliphatic carboxylic acids is 1. The van der Waals surface area contributed by atoms with Gasteiger partial charge in [-0.25, -0.2) is 4.39 Å². The molecule has 1 aromatic carbocycles. The lowest BCUT2D eigenvalue weighted by Crippen LogP contribution is -2.31. The minimum atomic E-state index is -0.971. The highest BCUT2D eigenvalue weighted by Crippen LogP contribution is 2.34. The average molecular weight is 316 g/mol. The third-order valence-corrected chi connectivity index (χ3v) is 4.36. The molecule has 0 aliphatic carbocycles. The maximum Gasteiger partial charge on any atom is 0.308 e. The highest BCUT2D eigenvalue weighted by Gasteiger charge is 2.41. The SMILES string of the molecule is Cn1cccc1C(=O)N1C[C@H](C(=O)O)[C@@H](c2cccc(F)c2)C1. The summed E-state index contributed by atoms with van der Waals surface area (Å²) in [5.41, 5.74) is 1.12. The van der Waals surface area contributed by atoms with Gasteiger partial charge in [0, 0.05) is 32.3 Å². The van der Waals surface area contributed by atoms with Crippen molar-refractivity contribution in [3.8, 4) is 0 Å². The lowest BCUT2D eigenvalue weighted by molar-refractivity contribution is -0.141. The molecule has 6 heteroatoms. The molecular weight excluding hydrogens is 299 g/mol. The van der Waals surface area contributed by atoms with Gasteiger partial charge in [-0.05, 0) is 29.8 Å². The normalized spacial score (nSPS) is 20.7. The second-order valence-electron chi connectivity index (χ2n) is 5.82. The molecule has 2 aromatic rings. The van der Waals surface area contributed by atoms with Crippen LogP contribution in [0.1, 0.15) is 22.0 Å². The van der Waals surface area contributed by atoms with Crippen molar-refractivity contribution in [2.24, 2.45) is 13.0 Å². The van der Waals surface area contributed by atoms with Crippen LogP contribution in [0, 0.1) is 11.7 Å². The summed E-state index contributed by atoms with van der Waals surface area (Å²) in [6.07, 6.45) is 1.77. The molecule has 0 unspecified atom stereocenters. The Balaban J connectivity index is 1.88. The van der Waals surface area contributed by atoms with E-state index in [1.54, 1.807) is 42.1 Å². The van der Waals surface area contributed by atoms with E-state index < -0.39 is 23.6 Å². The predicted molar refractivity (Wildman–Crippen MR) is 81.6 cm³/mol. The van der Waals surface area contributed by atoms with Crippen LogP contribution in [-0.4, -0.2) is 39.5 Å². The van der Waals surface area contributed by atoms with E-state index in [0.29, 0.717) is 11.3 Å². The van der Waals surface area contributed by atoms with Crippen molar-refractivity contribution in [2.75, 3.05) is 13.1 Å². The van der Waals surface area contributed by atoms with Crippen LogP contribution in [0.3, 0.4) is 0 Å². The third kappa shape index (κ3) is 2.84. The van der Waals surface area contributed by atoms with Gasteiger partial charge in [0.25, 0.3) is 5.91 Å². The van der Waals surface area contributed by atoms with Crippen molar-refractivity contribution in [1.29, 1.82) is 0 Å². The van der Waals surface area contributed by atoms with Crippen LogP contribution >= 0.6 is 0 Å². The maximum absolute atomic E-state index is 13.4. The molecule has 1 fully saturated rings. The quantitative estimate of drug-likeness (QED) is 0.943. The van der Waals surface area contributed by atoms with Gasteiger partial charge in [0.1, 0.15) is 11.5 Å². The Labute approximate surface area is 132 Å². The highest BCUT2D eigenvalue weighted by atomic mass is 19.1. The minimum Gasteiger partial charge on any atom is -0.481 e. The number of halogens is 1. The molecule has 1 aliphatic rings. The zero-order valence-electron chi connectivity index (χ0n) is 12.6. The molecule has 1 saturated heterocycles. The highest BCUT2D eigenvalue weighted by molar-refractivity contribution is 5.93. The number of aromatic nitrogens is 1. The maximum atomic E-state index is 13.4. The predicted octanol–water partition coefficient (Wildman–Crippen LogP) is 2.10. The van der Waals surface area contributed by atoms with E-state index in [2.05, 4.69) is 0 Å². The van der Waals surface area contributed by atoms with Crippen LogP contribution in [-0.2, 0) is 11.8 Å². The van der Waals surface area contributed by atoms with Crippen LogP contribution in [0.4, 0.5) is 4.39 Å². The number of benzene rings is 1. The first kappa shape index (κ1) is 15.3. The molecule has 0 bridgehead atoms. The first-order valence-corrected chi connectivity index (χ1v) is 7.36. The Hall–Kier alpha value is -2.63. The Bertz CT molecular complexity index is 756.